The predicted molar refractivity (Wildman–Crippen MR) is 114 cm³/mol. The summed E-state index contributed by atoms with van der Waals surface area (Å²) in [6.07, 6.45) is 0.887. The molecule has 2 aliphatic heterocycles. The largest absolute Gasteiger partial charge is 0.454 e. The first kappa shape index (κ1) is 18.7. The smallest absolute Gasteiger partial charge is 0.255 e. The highest BCUT2D eigenvalue weighted by Gasteiger charge is 2.24. The summed E-state index contributed by atoms with van der Waals surface area (Å²) >= 11 is 1.75. The second-order valence-electron chi connectivity index (χ2n) is 7.35. The summed E-state index contributed by atoms with van der Waals surface area (Å²) in [4.78, 5) is 29.2. The first-order valence-corrected chi connectivity index (χ1v) is 10.6. The molecule has 0 saturated heterocycles. The van der Waals surface area contributed by atoms with Crippen molar-refractivity contribution < 1.29 is 19.1 Å². The molecular formula is C23H20N2O4S. The Bertz CT molecular complexity index is 1150. The standard InChI is InChI=1S/C23H20N2O4S/c1-14-17(23(27)25-9-7-21-16(12-25)8-10-30-21)3-2-4-18(14)24-22(26)15-5-6-19-20(11-15)29-13-28-19/h2-6,8,10-11H,7,9,12-13H2,1H3,(H,24,26). The molecule has 0 aliphatic carbocycles. The molecule has 0 radical (unpaired) electrons. The lowest BCUT2D eigenvalue weighted by Crippen LogP contribution is -2.35. The van der Waals surface area contributed by atoms with Crippen LogP contribution in [0, 0.1) is 6.92 Å². The maximum atomic E-state index is 13.2. The van der Waals surface area contributed by atoms with Gasteiger partial charge in [-0.2, -0.15) is 0 Å². The lowest BCUT2D eigenvalue weighted by molar-refractivity contribution is 0.0735. The van der Waals surface area contributed by atoms with E-state index in [1.165, 1.54) is 10.4 Å². The average Bonchev–Trinajstić information content (AvgIpc) is 3.42. The lowest BCUT2D eigenvalue weighted by atomic mass is 10.0. The number of carbonyl (C=O) groups excluding carboxylic acids is 2. The van der Waals surface area contributed by atoms with Gasteiger partial charge in [0.2, 0.25) is 6.79 Å². The van der Waals surface area contributed by atoms with Crippen molar-refractivity contribution >= 4 is 28.8 Å². The van der Waals surface area contributed by atoms with E-state index in [4.69, 9.17) is 9.47 Å². The maximum Gasteiger partial charge on any atom is 0.255 e. The highest BCUT2D eigenvalue weighted by atomic mass is 32.1. The van der Waals surface area contributed by atoms with Gasteiger partial charge in [0.25, 0.3) is 11.8 Å². The number of thiophene rings is 1. The van der Waals surface area contributed by atoms with E-state index in [0.717, 1.165) is 12.0 Å². The van der Waals surface area contributed by atoms with E-state index >= 15 is 0 Å². The Kier molecular flexibility index (Phi) is 4.67. The molecule has 7 heteroatoms. The van der Waals surface area contributed by atoms with Crippen LogP contribution < -0.4 is 14.8 Å². The first-order chi connectivity index (χ1) is 14.6. The van der Waals surface area contributed by atoms with E-state index < -0.39 is 0 Å². The van der Waals surface area contributed by atoms with Gasteiger partial charge >= 0.3 is 0 Å². The SMILES string of the molecule is Cc1c(NC(=O)c2ccc3c(c2)OCO3)cccc1C(=O)N1CCc2sccc2C1. The van der Waals surface area contributed by atoms with Crippen LogP contribution in [0.1, 0.15) is 36.7 Å². The van der Waals surface area contributed by atoms with Crippen LogP contribution in [0.4, 0.5) is 5.69 Å². The maximum absolute atomic E-state index is 13.2. The summed E-state index contributed by atoms with van der Waals surface area (Å²) < 4.78 is 10.6. The van der Waals surface area contributed by atoms with E-state index in [2.05, 4.69) is 16.8 Å². The van der Waals surface area contributed by atoms with E-state index in [0.29, 0.717) is 41.4 Å². The average molecular weight is 420 g/mol. The summed E-state index contributed by atoms with van der Waals surface area (Å²) in [5.41, 5.74) is 3.68. The van der Waals surface area contributed by atoms with Crippen LogP contribution >= 0.6 is 11.3 Å². The fourth-order valence-electron chi connectivity index (χ4n) is 3.83. The van der Waals surface area contributed by atoms with Gasteiger partial charge in [-0.25, -0.2) is 0 Å². The molecule has 0 atom stereocenters. The Morgan fingerprint density at radius 3 is 2.87 bits per heavy atom. The number of nitrogens with one attached hydrogen (secondary N) is 1. The molecule has 1 N–H and O–H groups in total. The molecule has 2 aromatic carbocycles. The molecule has 1 aromatic heterocycles. The topological polar surface area (TPSA) is 67.9 Å². The van der Waals surface area contributed by atoms with Crippen molar-refractivity contribution in [2.24, 2.45) is 0 Å². The molecular weight excluding hydrogens is 400 g/mol. The fourth-order valence-corrected chi connectivity index (χ4v) is 4.72. The Morgan fingerprint density at radius 1 is 1.10 bits per heavy atom. The van der Waals surface area contributed by atoms with E-state index in [-0.39, 0.29) is 18.6 Å². The van der Waals surface area contributed by atoms with Gasteiger partial charge in [0, 0.05) is 34.8 Å². The third-order valence-electron chi connectivity index (χ3n) is 5.54. The van der Waals surface area contributed by atoms with Crippen LogP contribution in [-0.2, 0) is 13.0 Å². The Hall–Kier alpha value is -3.32. The zero-order chi connectivity index (χ0) is 20.7. The minimum absolute atomic E-state index is 0.0106. The molecule has 0 fully saturated rings. The summed E-state index contributed by atoms with van der Waals surface area (Å²) in [7, 11) is 0. The number of amides is 2. The molecule has 5 rings (SSSR count). The van der Waals surface area contributed by atoms with Gasteiger partial charge < -0.3 is 19.7 Å². The minimum atomic E-state index is -0.262. The molecule has 0 saturated carbocycles. The molecule has 6 nitrogen and oxygen atoms in total. The van der Waals surface area contributed by atoms with Crippen molar-refractivity contribution in [3.8, 4) is 11.5 Å². The Balaban J connectivity index is 1.35. The molecule has 2 aliphatic rings. The number of hydrogen-bond acceptors (Lipinski definition) is 5. The molecule has 0 spiro atoms. The molecule has 0 bridgehead atoms. The van der Waals surface area contributed by atoms with E-state index in [1.54, 1.807) is 35.6 Å². The predicted octanol–water partition coefficient (Wildman–Crippen LogP) is 4.24. The van der Waals surface area contributed by atoms with Gasteiger partial charge in [0.15, 0.2) is 11.5 Å². The third kappa shape index (κ3) is 3.31. The molecule has 30 heavy (non-hydrogen) atoms. The summed E-state index contributed by atoms with van der Waals surface area (Å²) in [6.45, 7) is 3.36. The lowest BCUT2D eigenvalue weighted by Gasteiger charge is -2.28. The molecule has 152 valence electrons. The van der Waals surface area contributed by atoms with Crippen LogP contribution in [0.15, 0.2) is 47.8 Å². The van der Waals surface area contributed by atoms with Crippen molar-refractivity contribution in [2.45, 2.75) is 19.9 Å². The second kappa shape index (κ2) is 7.50. The first-order valence-electron chi connectivity index (χ1n) is 9.75. The monoisotopic (exact) mass is 420 g/mol. The number of nitrogens with zero attached hydrogens (tertiary/aromatic N) is 1. The van der Waals surface area contributed by atoms with Gasteiger partial charge in [-0.15, -0.1) is 11.3 Å². The summed E-state index contributed by atoms with van der Waals surface area (Å²) in [5.74, 6) is 0.914. The third-order valence-corrected chi connectivity index (χ3v) is 6.57. The number of rotatable bonds is 3. The van der Waals surface area contributed by atoms with Gasteiger partial charge in [-0.3, -0.25) is 9.59 Å². The van der Waals surface area contributed by atoms with Gasteiger partial charge in [-0.05, 0) is 66.2 Å². The molecule has 3 aromatic rings. The quantitative estimate of drug-likeness (QED) is 0.688. The fraction of sp³-hybridized carbons (Fsp3) is 0.217. The molecule has 2 amide bonds. The number of hydrogen-bond donors (Lipinski definition) is 1. The van der Waals surface area contributed by atoms with Gasteiger partial charge in [0.05, 0.1) is 0 Å². The van der Waals surface area contributed by atoms with Crippen LogP contribution in [0.25, 0.3) is 0 Å². The van der Waals surface area contributed by atoms with Gasteiger partial charge in [-0.1, -0.05) is 6.07 Å². The summed E-state index contributed by atoms with van der Waals surface area (Å²) in [6, 6.07) is 12.6. The number of benzene rings is 2. The van der Waals surface area contributed by atoms with Crippen molar-refractivity contribution in [1.29, 1.82) is 0 Å². The number of fused-ring (bicyclic) bond motifs is 2. The highest BCUT2D eigenvalue weighted by Crippen LogP contribution is 2.33. The van der Waals surface area contributed by atoms with Crippen molar-refractivity contribution in [3.05, 3.63) is 75.0 Å². The summed E-state index contributed by atoms with van der Waals surface area (Å²) in [5, 5.41) is 5.00. The Morgan fingerprint density at radius 2 is 1.97 bits per heavy atom. The van der Waals surface area contributed by atoms with Crippen LogP contribution in [0.5, 0.6) is 11.5 Å². The second-order valence-corrected chi connectivity index (χ2v) is 8.35. The van der Waals surface area contributed by atoms with E-state index in [1.807, 2.05) is 24.0 Å². The zero-order valence-corrected chi connectivity index (χ0v) is 17.3. The van der Waals surface area contributed by atoms with Gasteiger partial charge in [0.1, 0.15) is 0 Å². The number of carbonyl (C=O) groups is 2. The normalized spacial score (nSPS) is 14.4. The minimum Gasteiger partial charge on any atom is -0.454 e. The van der Waals surface area contributed by atoms with Crippen molar-refractivity contribution in [1.82, 2.24) is 4.90 Å². The number of anilines is 1. The van der Waals surface area contributed by atoms with Crippen LogP contribution in [0.2, 0.25) is 0 Å². The zero-order valence-electron chi connectivity index (χ0n) is 16.4. The van der Waals surface area contributed by atoms with Crippen LogP contribution in [0.3, 0.4) is 0 Å². The van der Waals surface area contributed by atoms with Crippen molar-refractivity contribution in [2.75, 3.05) is 18.7 Å². The van der Waals surface area contributed by atoms with Crippen LogP contribution in [-0.4, -0.2) is 30.1 Å². The highest BCUT2D eigenvalue weighted by molar-refractivity contribution is 7.10. The van der Waals surface area contributed by atoms with Crippen molar-refractivity contribution in [3.63, 3.8) is 0 Å². The number of ether oxygens (including phenoxy) is 2. The molecule has 0 unspecified atom stereocenters. The molecule has 3 heterocycles. The van der Waals surface area contributed by atoms with E-state index in [9.17, 15) is 9.59 Å². The Labute approximate surface area is 178 Å².